The summed E-state index contributed by atoms with van der Waals surface area (Å²) in [5.74, 6) is -2.17. The summed E-state index contributed by atoms with van der Waals surface area (Å²) in [6.07, 6.45) is 1.23. The summed E-state index contributed by atoms with van der Waals surface area (Å²) in [5.41, 5.74) is 0.804. The van der Waals surface area contributed by atoms with Crippen LogP contribution in [0.4, 0.5) is 25.0 Å². The Bertz CT molecular complexity index is 853. The predicted octanol–water partition coefficient (Wildman–Crippen LogP) is 2.89. The number of carbonyl (C=O) groups excluding carboxylic acids is 2. The number of halogens is 2. The molecule has 0 atom stereocenters. The number of nitrogens with one attached hydrogen (secondary N) is 1. The van der Waals surface area contributed by atoms with Crippen molar-refractivity contribution < 1.29 is 23.1 Å². The van der Waals surface area contributed by atoms with Gasteiger partial charge in [0.05, 0.1) is 24.2 Å². The average molecular weight is 390 g/mol. The highest BCUT2D eigenvalue weighted by Gasteiger charge is 2.22. The van der Waals surface area contributed by atoms with Crippen LogP contribution in [0.25, 0.3) is 0 Å². The SMILES string of the molecule is CCOC(=O)N1CCN(c2ccc(C(=O)Nc3ccc(F)cc3F)nc2)CC1. The molecule has 2 aromatic rings. The number of hydrogen-bond donors (Lipinski definition) is 1. The van der Waals surface area contributed by atoms with Crippen molar-refractivity contribution in [2.45, 2.75) is 6.92 Å². The molecule has 1 aliphatic rings. The zero-order valence-corrected chi connectivity index (χ0v) is 15.3. The van der Waals surface area contributed by atoms with Crippen LogP contribution in [-0.2, 0) is 4.74 Å². The normalized spacial score (nSPS) is 14.0. The van der Waals surface area contributed by atoms with Crippen LogP contribution in [0.3, 0.4) is 0 Å². The zero-order valence-electron chi connectivity index (χ0n) is 15.3. The van der Waals surface area contributed by atoms with Crippen LogP contribution in [0.1, 0.15) is 17.4 Å². The minimum atomic E-state index is -0.857. The maximum atomic E-state index is 13.7. The third-order valence-electron chi connectivity index (χ3n) is 4.33. The van der Waals surface area contributed by atoms with Gasteiger partial charge in [-0.25, -0.2) is 18.6 Å². The maximum Gasteiger partial charge on any atom is 0.409 e. The summed E-state index contributed by atoms with van der Waals surface area (Å²) < 4.78 is 31.6. The van der Waals surface area contributed by atoms with Gasteiger partial charge in [0.2, 0.25) is 0 Å². The van der Waals surface area contributed by atoms with Crippen molar-refractivity contribution in [2.24, 2.45) is 0 Å². The van der Waals surface area contributed by atoms with Crippen LogP contribution < -0.4 is 10.2 Å². The van der Waals surface area contributed by atoms with E-state index in [4.69, 9.17) is 4.74 Å². The van der Waals surface area contributed by atoms with Crippen molar-refractivity contribution in [1.82, 2.24) is 9.88 Å². The highest BCUT2D eigenvalue weighted by molar-refractivity contribution is 6.03. The molecule has 1 aliphatic heterocycles. The van der Waals surface area contributed by atoms with Gasteiger partial charge in [-0.1, -0.05) is 0 Å². The van der Waals surface area contributed by atoms with E-state index >= 15 is 0 Å². The second kappa shape index (κ2) is 8.64. The van der Waals surface area contributed by atoms with Gasteiger partial charge in [-0.3, -0.25) is 4.79 Å². The fourth-order valence-corrected chi connectivity index (χ4v) is 2.85. The molecule has 3 rings (SSSR count). The zero-order chi connectivity index (χ0) is 20.1. The lowest BCUT2D eigenvalue weighted by Crippen LogP contribution is -2.49. The number of anilines is 2. The van der Waals surface area contributed by atoms with E-state index in [1.807, 2.05) is 4.90 Å². The van der Waals surface area contributed by atoms with Crippen molar-refractivity contribution in [2.75, 3.05) is 43.0 Å². The lowest BCUT2D eigenvalue weighted by Gasteiger charge is -2.35. The minimum Gasteiger partial charge on any atom is -0.450 e. The Hall–Kier alpha value is -3.23. The second-order valence-electron chi connectivity index (χ2n) is 6.15. The van der Waals surface area contributed by atoms with Crippen LogP contribution in [0.2, 0.25) is 0 Å². The van der Waals surface area contributed by atoms with Gasteiger partial charge in [0.1, 0.15) is 17.3 Å². The molecule has 148 valence electrons. The first-order valence-corrected chi connectivity index (χ1v) is 8.87. The molecule has 0 radical (unpaired) electrons. The molecule has 0 aliphatic carbocycles. The van der Waals surface area contributed by atoms with Gasteiger partial charge >= 0.3 is 6.09 Å². The minimum absolute atomic E-state index is 0.109. The molecular weight excluding hydrogens is 370 g/mol. The second-order valence-corrected chi connectivity index (χ2v) is 6.15. The standard InChI is InChI=1S/C19H20F2N4O3/c1-2-28-19(27)25-9-7-24(8-10-25)14-4-6-17(22-12-14)18(26)23-16-5-3-13(20)11-15(16)21/h3-6,11-12H,2,7-10H2,1H3,(H,23,26). The summed E-state index contributed by atoms with van der Waals surface area (Å²) in [6, 6.07) is 6.18. The molecule has 7 nitrogen and oxygen atoms in total. The first-order chi connectivity index (χ1) is 13.5. The maximum absolute atomic E-state index is 13.7. The van der Waals surface area contributed by atoms with Crippen molar-refractivity contribution in [3.05, 3.63) is 53.9 Å². The number of nitrogens with zero attached hydrogens (tertiary/aromatic N) is 3. The Morgan fingerprint density at radius 3 is 2.50 bits per heavy atom. The molecular formula is C19H20F2N4O3. The van der Waals surface area contributed by atoms with E-state index in [0.717, 1.165) is 17.8 Å². The fourth-order valence-electron chi connectivity index (χ4n) is 2.85. The number of hydrogen-bond acceptors (Lipinski definition) is 5. The van der Waals surface area contributed by atoms with Crippen LogP contribution in [0.15, 0.2) is 36.5 Å². The molecule has 1 fully saturated rings. The Kier molecular flexibility index (Phi) is 6.03. The first-order valence-electron chi connectivity index (χ1n) is 8.87. The van der Waals surface area contributed by atoms with Gasteiger partial charge in [-0.05, 0) is 31.2 Å². The highest BCUT2D eigenvalue weighted by atomic mass is 19.1. The number of benzene rings is 1. The largest absolute Gasteiger partial charge is 0.450 e. The Labute approximate surface area is 160 Å². The van der Waals surface area contributed by atoms with Crippen LogP contribution in [0.5, 0.6) is 0 Å². The lowest BCUT2D eigenvalue weighted by molar-refractivity contribution is 0.101. The summed E-state index contributed by atoms with van der Waals surface area (Å²) in [7, 11) is 0. The van der Waals surface area contributed by atoms with E-state index in [9.17, 15) is 18.4 Å². The van der Waals surface area contributed by atoms with E-state index < -0.39 is 17.5 Å². The first kappa shape index (κ1) is 19.5. The molecule has 0 spiro atoms. The molecule has 9 heteroatoms. The number of pyridine rings is 1. The van der Waals surface area contributed by atoms with E-state index in [2.05, 4.69) is 10.3 Å². The van der Waals surface area contributed by atoms with Crippen molar-refractivity contribution in [3.8, 4) is 0 Å². The van der Waals surface area contributed by atoms with E-state index in [1.54, 1.807) is 24.1 Å². The van der Waals surface area contributed by atoms with Gasteiger partial charge in [-0.15, -0.1) is 0 Å². The molecule has 0 saturated carbocycles. The summed E-state index contributed by atoms with van der Waals surface area (Å²) in [5, 5.41) is 2.37. The van der Waals surface area contributed by atoms with Crippen LogP contribution >= 0.6 is 0 Å². The number of ether oxygens (including phenoxy) is 1. The molecule has 2 heterocycles. The fraction of sp³-hybridized carbons (Fsp3) is 0.316. The molecule has 1 aromatic heterocycles. The average Bonchev–Trinajstić information content (AvgIpc) is 2.70. The smallest absolute Gasteiger partial charge is 0.409 e. The van der Waals surface area contributed by atoms with Gasteiger partial charge in [0, 0.05) is 32.2 Å². The number of amides is 2. The van der Waals surface area contributed by atoms with Gasteiger partial charge in [0.25, 0.3) is 5.91 Å². The summed E-state index contributed by atoms with van der Waals surface area (Å²) in [4.78, 5) is 31.8. The van der Waals surface area contributed by atoms with Gasteiger partial charge < -0.3 is 19.9 Å². The molecule has 0 bridgehead atoms. The van der Waals surface area contributed by atoms with E-state index in [1.165, 1.54) is 6.07 Å². The van der Waals surface area contributed by atoms with Crippen molar-refractivity contribution in [1.29, 1.82) is 0 Å². The van der Waals surface area contributed by atoms with E-state index in [0.29, 0.717) is 38.9 Å². The topological polar surface area (TPSA) is 74.8 Å². The molecule has 28 heavy (non-hydrogen) atoms. The predicted molar refractivity (Wildman–Crippen MR) is 99.4 cm³/mol. The van der Waals surface area contributed by atoms with Crippen molar-refractivity contribution >= 4 is 23.4 Å². The Morgan fingerprint density at radius 2 is 1.89 bits per heavy atom. The highest BCUT2D eigenvalue weighted by Crippen LogP contribution is 2.18. The number of piperazine rings is 1. The number of aromatic nitrogens is 1. The van der Waals surface area contributed by atoms with Crippen LogP contribution in [0, 0.1) is 11.6 Å². The number of rotatable bonds is 4. The van der Waals surface area contributed by atoms with Crippen LogP contribution in [-0.4, -0.2) is 54.7 Å². The van der Waals surface area contributed by atoms with Gasteiger partial charge in [0.15, 0.2) is 0 Å². The van der Waals surface area contributed by atoms with Crippen molar-refractivity contribution in [3.63, 3.8) is 0 Å². The molecule has 1 aromatic carbocycles. The summed E-state index contributed by atoms with van der Waals surface area (Å²) in [6.45, 7) is 4.41. The van der Waals surface area contributed by atoms with Gasteiger partial charge in [-0.2, -0.15) is 0 Å². The lowest BCUT2D eigenvalue weighted by atomic mass is 10.2. The molecule has 1 saturated heterocycles. The quantitative estimate of drug-likeness (QED) is 0.869. The molecule has 1 N–H and O–H groups in total. The summed E-state index contributed by atoms with van der Waals surface area (Å²) >= 11 is 0. The molecule has 0 unspecified atom stereocenters. The number of carbonyl (C=O) groups is 2. The Balaban J connectivity index is 1.59. The Morgan fingerprint density at radius 1 is 1.14 bits per heavy atom. The third-order valence-corrected chi connectivity index (χ3v) is 4.33. The molecule has 2 amide bonds. The third kappa shape index (κ3) is 4.54. The van der Waals surface area contributed by atoms with E-state index in [-0.39, 0.29) is 17.5 Å². The monoisotopic (exact) mass is 390 g/mol.